The van der Waals surface area contributed by atoms with Gasteiger partial charge in [-0.2, -0.15) is 0 Å². The van der Waals surface area contributed by atoms with Crippen molar-refractivity contribution in [1.29, 1.82) is 0 Å². The highest BCUT2D eigenvalue weighted by molar-refractivity contribution is 6.74. The molecule has 0 fully saturated rings. The van der Waals surface area contributed by atoms with Gasteiger partial charge in [0.2, 0.25) is 0 Å². The standard InChI is InChI=1S/C32H36ClF2NO4Si/c1-31(2,3)41(5,6)40-20-12-18-13-22(30(38)36-4)27(29(35)21(18)14-20)26-23-16-32(17-37,19-10-8-7-9-11-19)39-25(23)15-24(34)28(26)33/h7-11,13,15,20,37H,12,14,16-17H2,1-6H3,(H,36,38)/t20?,32-/m1/s1. The summed E-state index contributed by atoms with van der Waals surface area (Å²) >= 11 is 6.59. The molecule has 218 valence electrons. The Bertz CT molecular complexity index is 1520. The molecule has 3 aromatic carbocycles. The van der Waals surface area contributed by atoms with Crippen LogP contribution in [0.4, 0.5) is 8.78 Å². The molecule has 41 heavy (non-hydrogen) atoms. The summed E-state index contributed by atoms with van der Waals surface area (Å²) in [5.74, 6) is -1.77. The minimum absolute atomic E-state index is 0.0215. The van der Waals surface area contributed by atoms with Crippen LogP contribution in [0.15, 0.2) is 42.5 Å². The minimum atomic E-state index is -2.14. The molecule has 1 aliphatic heterocycles. The molecule has 0 saturated heterocycles. The van der Waals surface area contributed by atoms with Crippen molar-refractivity contribution in [2.45, 2.75) is 69.9 Å². The van der Waals surface area contributed by atoms with Crippen LogP contribution in [0.1, 0.15) is 53.4 Å². The van der Waals surface area contributed by atoms with Crippen LogP contribution < -0.4 is 10.1 Å². The van der Waals surface area contributed by atoms with Crippen LogP contribution in [-0.4, -0.2) is 39.1 Å². The molecule has 1 aliphatic carbocycles. The van der Waals surface area contributed by atoms with Crippen molar-refractivity contribution in [2.24, 2.45) is 0 Å². The van der Waals surface area contributed by atoms with Crippen molar-refractivity contribution in [3.8, 4) is 16.9 Å². The van der Waals surface area contributed by atoms with Crippen LogP contribution in [0.5, 0.6) is 5.75 Å². The Kier molecular flexibility index (Phi) is 7.60. The van der Waals surface area contributed by atoms with Crippen LogP contribution in [0.25, 0.3) is 11.1 Å². The van der Waals surface area contributed by atoms with Crippen molar-refractivity contribution in [3.05, 3.63) is 86.9 Å². The minimum Gasteiger partial charge on any atom is -0.479 e. The van der Waals surface area contributed by atoms with Crippen LogP contribution >= 0.6 is 11.6 Å². The zero-order chi connectivity index (χ0) is 29.9. The quantitative estimate of drug-likeness (QED) is 0.301. The van der Waals surface area contributed by atoms with Crippen molar-refractivity contribution in [1.82, 2.24) is 5.32 Å². The zero-order valence-electron chi connectivity index (χ0n) is 24.3. The second kappa shape index (κ2) is 10.5. The van der Waals surface area contributed by atoms with Crippen molar-refractivity contribution >= 4 is 25.8 Å². The molecule has 0 bridgehead atoms. The van der Waals surface area contributed by atoms with Gasteiger partial charge in [-0.25, -0.2) is 8.78 Å². The summed E-state index contributed by atoms with van der Waals surface area (Å²) in [6.45, 7) is 10.4. The maximum absolute atomic E-state index is 16.7. The zero-order valence-corrected chi connectivity index (χ0v) is 26.0. The highest BCUT2D eigenvalue weighted by Gasteiger charge is 2.45. The van der Waals surface area contributed by atoms with Crippen molar-refractivity contribution in [2.75, 3.05) is 13.7 Å². The first-order chi connectivity index (χ1) is 19.2. The van der Waals surface area contributed by atoms with Gasteiger partial charge in [-0.3, -0.25) is 4.79 Å². The van der Waals surface area contributed by atoms with Crippen molar-refractivity contribution < 1.29 is 27.8 Å². The van der Waals surface area contributed by atoms with Gasteiger partial charge in [0.1, 0.15) is 17.4 Å². The third kappa shape index (κ3) is 4.99. The van der Waals surface area contributed by atoms with Gasteiger partial charge in [0.15, 0.2) is 13.9 Å². The van der Waals surface area contributed by atoms with E-state index < -0.39 is 38.1 Å². The molecule has 3 aromatic rings. The van der Waals surface area contributed by atoms with E-state index >= 15 is 8.78 Å². The number of nitrogens with one attached hydrogen (secondary N) is 1. The number of hydrogen-bond acceptors (Lipinski definition) is 4. The molecule has 1 heterocycles. The highest BCUT2D eigenvalue weighted by atomic mass is 35.5. The van der Waals surface area contributed by atoms with E-state index in [4.69, 9.17) is 20.8 Å². The molecule has 0 spiro atoms. The van der Waals surface area contributed by atoms with E-state index in [2.05, 4.69) is 39.2 Å². The maximum atomic E-state index is 16.7. The average molecular weight is 600 g/mol. The van der Waals surface area contributed by atoms with Crippen LogP contribution in [0.3, 0.4) is 0 Å². The molecule has 1 unspecified atom stereocenters. The third-order valence-corrected chi connectivity index (χ3v) is 13.8. The number of aliphatic hydroxyl groups is 1. The van der Waals surface area contributed by atoms with E-state index in [0.717, 1.165) is 6.07 Å². The van der Waals surface area contributed by atoms with E-state index in [9.17, 15) is 9.90 Å². The van der Waals surface area contributed by atoms with Gasteiger partial charge >= 0.3 is 0 Å². The van der Waals surface area contributed by atoms with Gasteiger partial charge in [0.05, 0.1) is 23.3 Å². The monoisotopic (exact) mass is 599 g/mol. The summed E-state index contributed by atoms with van der Waals surface area (Å²) < 4.78 is 44.9. The fourth-order valence-electron chi connectivity index (χ4n) is 5.71. The van der Waals surface area contributed by atoms with E-state index in [1.807, 2.05) is 30.3 Å². The smallest absolute Gasteiger partial charge is 0.251 e. The van der Waals surface area contributed by atoms with Gasteiger partial charge in [0.25, 0.3) is 5.91 Å². The number of carbonyl (C=O) groups is 1. The molecule has 2 N–H and O–H groups in total. The number of hydrogen-bond donors (Lipinski definition) is 2. The number of benzene rings is 3. The SMILES string of the molecule is CNC(=O)c1cc2c(c(F)c1-c1c(Cl)c(F)cc3c1C[C@@](CO)(c1ccccc1)O3)CC(O[Si](C)(C)C(C)(C)C)C2. The van der Waals surface area contributed by atoms with Crippen LogP contribution in [0, 0.1) is 11.6 Å². The lowest BCUT2D eigenvalue weighted by Crippen LogP contribution is -2.44. The average Bonchev–Trinajstić information content (AvgIpc) is 3.50. The fourth-order valence-corrected chi connectivity index (χ4v) is 7.33. The van der Waals surface area contributed by atoms with Gasteiger partial charge < -0.3 is 19.6 Å². The number of rotatable bonds is 6. The summed E-state index contributed by atoms with van der Waals surface area (Å²) in [7, 11) is -0.676. The molecule has 5 rings (SSSR count). The lowest BCUT2D eigenvalue weighted by atomic mass is 9.85. The Labute approximate surface area is 246 Å². The van der Waals surface area contributed by atoms with Gasteiger partial charge in [-0.05, 0) is 47.3 Å². The second-order valence-electron chi connectivity index (χ2n) is 12.6. The van der Waals surface area contributed by atoms with Crippen molar-refractivity contribution in [3.63, 3.8) is 0 Å². The summed E-state index contributed by atoms with van der Waals surface area (Å²) in [5, 5.41) is 12.8. The summed E-state index contributed by atoms with van der Waals surface area (Å²) in [6, 6.07) is 12.0. The summed E-state index contributed by atoms with van der Waals surface area (Å²) in [6.07, 6.45) is 0.692. The maximum Gasteiger partial charge on any atom is 0.251 e. The number of carbonyl (C=O) groups excluding carboxylic acids is 1. The first kappa shape index (κ1) is 29.7. The second-order valence-corrected chi connectivity index (χ2v) is 17.7. The molecule has 2 atom stereocenters. The predicted molar refractivity (Wildman–Crippen MR) is 159 cm³/mol. The first-order valence-corrected chi connectivity index (χ1v) is 17.1. The summed E-state index contributed by atoms with van der Waals surface area (Å²) in [4.78, 5) is 13.2. The van der Waals surface area contributed by atoms with Crippen LogP contribution in [0.2, 0.25) is 23.2 Å². The van der Waals surface area contributed by atoms with E-state index in [0.29, 0.717) is 35.1 Å². The molecule has 0 saturated carbocycles. The Morgan fingerprint density at radius 2 is 1.83 bits per heavy atom. The number of amides is 1. The first-order valence-electron chi connectivity index (χ1n) is 13.8. The molecule has 5 nitrogen and oxygen atoms in total. The number of ether oxygens (including phenoxy) is 1. The van der Waals surface area contributed by atoms with Gasteiger partial charge in [-0.1, -0.05) is 62.7 Å². The lowest BCUT2D eigenvalue weighted by Gasteiger charge is -2.38. The molecular weight excluding hydrogens is 564 g/mol. The Balaban J connectivity index is 1.67. The fraction of sp³-hybridized carbons (Fsp3) is 0.406. The highest BCUT2D eigenvalue weighted by Crippen LogP contribution is 2.51. The normalized spacial score (nSPS) is 20.0. The topological polar surface area (TPSA) is 67.8 Å². The largest absolute Gasteiger partial charge is 0.479 e. The van der Waals surface area contributed by atoms with Gasteiger partial charge in [0, 0.05) is 42.6 Å². The summed E-state index contributed by atoms with van der Waals surface area (Å²) in [5.41, 5.74) is 1.12. The van der Waals surface area contributed by atoms with E-state index in [-0.39, 0.29) is 45.0 Å². The Morgan fingerprint density at radius 3 is 2.44 bits per heavy atom. The molecular formula is C32H36ClF2NO4Si. The Morgan fingerprint density at radius 1 is 1.15 bits per heavy atom. The van der Waals surface area contributed by atoms with Gasteiger partial charge in [-0.15, -0.1) is 0 Å². The Hall–Kier alpha value is -2.78. The van der Waals surface area contributed by atoms with E-state index in [1.54, 1.807) is 6.07 Å². The van der Waals surface area contributed by atoms with Crippen LogP contribution in [-0.2, 0) is 29.3 Å². The number of fused-ring (bicyclic) bond motifs is 2. The lowest BCUT2D eigenvalue weighted by molar-refractivity contribution is 0.0246. The van der Waals surface area contributed by atoms with E-state index in [1.165, 1.54) is 7.05 Å². The molecule has 2 aliphatic rings. The number of aliphatic hydroxyl groups excluding tert-OH is 1. The molecule has 9 heteroatoms. The molecule has 1 amide bonds. The molecule has 0 radical (unpaired) electrons. The number of halogens is 3. The third-order valence-electron chi connectivity index (χ3n) is 8.94. The predicted octanol–water partition coefficient (Wildman–Crippen LogP) is 6.96. The molecule has 0 aromatic heterocycles.